The fourth-order valence-corrected chi connectivity index (χ4v) is 4.22. The van der Waals surface area contributed by atoms with Crippen LogP contribution in [0, 0.1) is 40.9 Å². The van der Waals surface area contributed by atoms with Gasteiger partial charge in [-0.2, -0.15) is 0 Å². The van der Waals surface area contributed by atoms with Crippen molar-refractivity contribution in [3.63, 3.8) is 0 Å². The molecule has 0 aromatic carbocycles. The zero-order valence-corrected chi connectivity index (χ0v) is 14.1. The molecular formula is C18H36. The van der Waals surface area contributed by atoms with Crippen molar-refractivity contribution in [3.05, 3.63) is 0 Å². The maximum absolute atomic E-state index is 2.53. The predicted molar refractivity (Wildman–Crippen MR) is 82.6 cm³/mol. The number of rotatable bonds is 6. The first-order valence-corrected chi connectivity index (χ1v) is 8.24. The van der Waals surface area contributed by atoms with Crippen LogP contribution < -0.4 is 0 Å². The third kappa shape index (κ3) is 2.94. The van der Waals surface area contributed by atoms with Crippen LogP contribution in [0.4, 0.5) is 0 Å². The number of hydrogen-bond acceptors (Lipinski definition) is 0. The molecule has 0 aromatic heterocycles. The monoisotopic (exact) mass is 252 g/mol. The van der Waals surface area contributed by atoms with Crippen LogP contribution in [0.1, 0.15) is 74.7 Å². The second-order valence-electron chi connectivity index (χ2n) is 7.84. The fourth-order valence-electron chi connectivity index (χ4n) is 4.22. The molecule has 0 aliphatic heterocycles. The molecular weight excluding hydrogens is 216 g/mol. The summed E-state index contributed by atoms with van der Waals surface area (Å²) in [4.78, 5) is 0. The lowest BCUT2D eigenvalue weighted by molar-refractivity contribution is -0.0719. The van der Waals surface area contributed by atoms with Gasteiger partial charge in [0.15, 0.2) is 0 Å². The quantitative estimate of drug-likeness (QED) is 0.543. The van der Waals surface area contributed by atoms with E-state index in [0.29, 0.717) is 5.41 Å². The molecule has 18 heavy (non-hydrogen) atoms. The Bertz CT molecular complexity index is 257. The second kappa shape index (κ2) is 5.97. The van der Waals surface area contributed by atoms with Crippen molar-refractivity contribution in [1.82, 2.24) is 0 Å². The Hall–Kier alpha value is 0. The molecule has 0 nitrogen and oxygen atoms in total. The summed E-state index contributed by atoms with van der Waals surface area (Å²) in [5.74, 6) is 5.35. The van der Waals surface area contributed by atoms with Crippen LogP contribution in [0.2, 0.25) is 0 Å². The average molecular weight is 252 g/mol. The molecule has 0 aromatic rings. The third-order valence-corrected chi connectivity index (χ3v) is 6.91. The number of hydrogen-bond donors (Lipinski definition) is 0. The van der Waals surface area contributed by atoms with E-state index in [2.05, 4.69) is 55.4 Å². The van der Waals surface area contributed by atoms with Gasteiger partial charge < -0.3 is 0 Å². The first-order chi connectivity index (χ1) is 8.24. The molecule has 0 heterocycles. The predicted octanol–water partition coefficient (Wildman–Crippen LogP) is 6.01. The molecule has 0 heteroatoms. The van der Waals surface area contributed by atoms with E-state index in [1.54, 1.807) is 0 Å². The lowest BCUT2D eigenvalue weighted by Gasteiger charge is -2.56. The standard InChI is InChI=1S/C18H36/c1-9-12(2)13(3)10-14(4)16(6)18(8)11-15(5)17(18)7/h12-17H,9-11H2,1-8H3. The van der Waals surface area contributed by atoms with Crippen molar-refractivity contribution < 1.29 is 0 Å². The molecule has 1 rings (SSSR count). The molecule has 0 saturated heterocycles. The Morgan fingerprint density at radius 3 is 1.94 bits per heavy atom. The highest BCUT2D eigenvalue weighted by Crippen LogP contribution is 2.57. The summed E-state index contributed by atoms with van der Waals surface area (Å²) in [5.41, 5.74) is 0.605. The molecule has 7 unspecified atom stereocenters. The first-order valence-electron chi connectivity index (χ1n) is 8.24. The van der Waals surface area contributed by atoms with E-state index in [1.165, 1.54) is 19.3 Å². The highest BCUT2D eigenvalue weighted by Gasteiger charge is 2.49. The Morgan fingerprint density at radius 2 is 1.56 bits per heavy atom. The topological polar surface area (TPSA) is 0 Å². The lowest BCUT2D eigenvalue weighted by Crippen LogP contribution is -2.49. The highest BCUT2D eigenvalue weighted by molar-refractivity contribution is 4.98. The summed E-state index contributed by atoms with van der Waals surface area (Å²) in [6.07, 6.45) is 4.18. The second-order valence-corrected chi connectivity index (χ2v) is 7.84. The van der Waals surface area contributed by atoms with Crippen LogP contribution in [-0.2, 0) is 0 Å². The van der Waals surface area contributed by atoms with Gasteiger partial charge in [0.25, 0.3) is 0 Å². The third-order valence-electron chi connectivity index (χ3n) is 6.91. The van der Waals surface area contributed by atoms with Gasteiger partial charge in [-0.15, -0.1) is 0 Å². The molecule has 0 amide bonds. The Morgan fingerprint density at radius 1 is 1.00 bits per heavy atom. The van der Waals surface area contributed by atoms with E-state index >= 15 is 0 Å². The van der Waals surface area contributed by atoms with Gasteiger partial charge in [0, 0.05) is 0 Å². The molecule has 7 atom stereocenters. The highest BCUT2D eigenvalue weighted by atomic mass is 14.5. The average Bonchev–Trinajstić information content (AvgIpc) is 2.35. The van der Waals surface area contributed by atoms with Gasteiger partial charge in [0.2, 0.25) is 0 Å². The summed E-state index contributed by atoms with van der Waals surface area (Å²) in [7, 11) is 0. The minimum atomic E-state index is 0.605. The van der Waals surface area contributed by atoms with Gasteiger partial charge in [-0.25, -0.2) is 0 Å². The summed E-state index contributed by atoms with van der Waals surface area (Å²) in [6.45, 7) is 19.6. The maximum atomic E-state index is 2.53. The van der Waals surface area contributed by atoms with E-state index < -0.39 is 0 Å². The SMILES string of the molecule is CCC(C)C(C)CC(C)C(C)C1(C)CC(C)C1C. The fraction of sp³-hybridized carbons (Fsp3) is 1.00. The van der Waals surface area contributed by atoms with Crippen LogP contribution in [0.15, 0.2) is 0 Å². The molecule has 1 aliphatic rings. The Balaban J connectivity index is 2.54. The van der Waals surface area contributed by atoms with Gasteiger partial charge >= 0.3 is 0 Å². The molecule has 108 valence electrons. The summed E-state index contributed by atoms with van der Waals surface area (Å²) < 4.78 is 0. The smallest absolute Gasteiger partial charge is 0.0267 e. The molecule has 0 radical (unpaired) electrons. The normalized spacial score (nSPS) is 38.7. The van der Waals surface area contributed by atoms with E-state index in [-0.39, 0.29) is 0 Å². The van der Waals surface area contributed by atoms with Crippen molar-refractivity contribution in [2.45, 2.75) is 74.7 Å². The Labute approximate surface area is 116 Å². The maximum Gasteiger partial charge on any atom is -0.0267 e. The van der Waals surface area contributed by atoms with Crippen molar-refractivity contribution in [2.24, 2.45) is 40.9 Å². The van der Waals surface area contributed by atoms with E-state index in [9.17, 15) is 0 Å². The van der Waals surface area contributed by atoms with Crippen molar-refractivity contribution in [3.8, 4) is 0 Å². The van der Waals surface area contributed by atoms with Crippen LogP contribution in [0.5, 0.6) is 0 Å². The van der Waals surface area contributed by atoms with Gasteiger partial charge in [-0.3, -0.25) is 0 Å². The van der Waals surface area contributed by atoms with Gasteiger partial charge in [0.1, 0.15) is 0 Å². The zero-order valence-electron chi connectivity index (χ0n) is 14.1. The lowest BCUT2D eigenvalue weighted by atomic mass is 9.49. The van der Waals surface area contributed by atoms with Crippen LogP contribution >= 0.6 is 0 Å². The minimum Gasteiger partial charge on any atom is -0.0651 e. The van der Waals surface area contributed by atoms with Crippen molar-refractivity contribution in [2.75, 3.05) is 0 Å². The summed E-state index contributed by atoms with van der Waals surface area (Å²) >= 11 is 0. The van der Waals surface area contributed by atoms with Gasteiger partial charge in [-0.05, 0) is 53.8 Å². The molecule has 0 spiro atoms. The molecule has 1 fully saturated rings. The molecule has 0 bridgehead atoms. The summed E-state index contributed by atoms with van der Waals surface area (Å²) in [5, 5.41) is 0. The molecule has 0 N–H and O–H groups in total. The van der Waals surface area contributed by atoms with Crippen molar-refractivity contribution in [1.29, 1.82) is 0 Å². The molecule has 1 saturated carbocycles. The van der Waals surface area contributed by atoms with Gasteiger partial charge in [0.05, 0.1) is 0 Å². The summed E-state index contributed by atoms with van der Waals surface area (Å²) in [6, 6.07) is 0. The van der Waals surface area contributed by atoms with E-state index in [1.807, 2.05) is 0 Å². The Kier molecular flexibility index (Phi) is 5.32. The van der Waals surface area contributed by atoms with E-state index in [0.717, 1.165) is 35.5 Å². The van der Waals surface area contributed by atoms with Crippen LogP contribution in [0.25, 0.3) is 0 Å². The van der Waals surface area contributed by atoms with Gasteiger partial charge in [-0.1, -0.05) is 61.8 Å². The molecule has 1 aliphatic carbocycles. The first kappa shape index (κ1) is 16.1. The van der Waals surface area contributed by atoms with Crippen molar-refractivity contribution >= 4 is 0 Å². The van der Waals surface area contributed by atoms with Crippen LogP contribution in [-0.4, -0.2) is 0 Å². The largest absolute Gasteiger partial charge is 0.0651 e. The van der Waals surface area contributed by atoms with E-state index in [4.69, 9.17) is 0 Å². The minimum absolute atomic E-state index is 0.605. The van der Waals surface area contributed by atoms with Crippen LogP contribution in [0.3, 0.4) is 0 Å². The zero-order chi connectivity index (χ0) is 14.1.